The van der Waals surface area contributed by atoms with Crippen LogP contribution < -0.4 is 5.32 Å². The summed E-state index contributed by atoms with van der Waals surface area (Å²) in [6.07, 6.45) is 5.21. The number of likely N-dealkylation sites (tertiary alicyclic amines) is 1. The van der Waals surface area contributed by atoms with Crippen molar-refractivity contribution in [2.24, 2.45) is 17.8 Å². The molecule has 1 N–H and O–H groups in total. The zero-order valence-electron chi connectivity index (χ0n) is 15.4. The number of benzene rings is 1. The molecule has 26 heavy (non-hydrogen) atoms. The van der Waals surface area contributed by atoms with Crippen molar-refractivity contribution < 1.29 is 13.9 Å². The van der Waals surface area contributed by atoms with Gasteiger partial charge >= 0.3 is 0 Å². The molecule has 1 aromatic carbocycles. The Morgan fingerprint density at radius 2 is 2.08 bits per heavy atom. The Labute approximate surface area is 155 Å². The molecule has 3 fully saturated rings. The van der Waals surface area contributed by atoms with E-state index in [4.69, 9.17) is 4.74 Å². The summed E-state index contributed by atoms with van der Waals surface area (Å²) in [5.74, 6) is 2.16. The second-order valence-corrected chi connectivity index (χ2v) is 8.10. The SMILES string of the molecule is O=C(Cc1ccc(COC[C@H]2C[C@@H]2C2CCNCC2)c(F)c1)N1CCC1. The van der Waals surface area contributed by atoms with Gasteiger partial charge in [-0.1, -0.05) is 12.1 Å². The van der Waals surface area contributed by atoms with Crippen LogP contribution in [0.5, 0.6) is 0 Å². The Bertz CT molecular complexity index is 641. The predicted molar refractivity (Wildman–Crippen MR) is 98.1 cm³/mol. The third kappa shape index (κ3) is 4.26. The number of hydrogen-bond acceptors (Lipinski definition) is 3. The van der Waals surface area contributed by atoms with Crippen molar-refractivity contribution >= 4 is 5.91 Å². The number of rotatable bonds is 7. The second-order valence-electron chi connectivity index (χ2n) is 8.10. The minimum Gasteiger partial charge on any atom is -0.376 e. The number of carbonyl (C=O) groups excluding carboxylic acids is 1. The third-order valence-corrected chi connectivity index (χ3v) is 6.24. The summed E-state index contributed by atoms with van der Waals surface area (Å²) in [6, 6.07) is 5.12. The summed E-state index contributed by atoms with van der Waals surface area (Å²) in [6.45, 7) is 5.03. The first kappa shape index (κ1) is 17.9. The van der Waals surface area contributed by atoms with Crippen LogP contribution in [0.4, 0.5) is 4.39 Å². The molecular weight excluding hydrogens is 331 g/mol. The van der Waals surface area contributed by atoms with E-state index in [2.05, 4.69) is 5.32 Å². The summed E-state index contributed by atoms with van der Waals surface area (Å²) in [7, 11) is 0. The maximum Gasteiger partial charge on any atom is 0.226 e. The quantitative estimate of drug-likeness (QED) is 0.813. The lowest BCUT2D eigenvalue weighted by molar-refractivity contribution is -0.133. The van der Waals surface area contributed by atoms with Gasteiger partial charge in [0.2, 0.25) is 5.91 Å². The van der Waals surface area contributed by atoms with Crippen LogP contribution in [0.25, 0.3) is 0 Å². The van der Waals surface area contributed by atoms with Gasteiger partial charge in [0.1, 0.15) is 5.82 Å². The summed E-state index contributed by atoms with van der Waals surface area (Å²) >= 11 is 0. The highest BCUT2D eigenvalue weighted by Gasteiger charge is 2.42. The molecule has 2 aliphatic heterocycles. The smallest absolute Gasteiger partial charge is 0.226 e. The molecule has 1 aliphatic carbocycles. The van der Waals surface area contributed by atoms with E-state index in [0.29, 0.717) is 18.1 Å². The van der Waals surface area contributed by atoms with E-state index >= 15 is 0 Å². The van der Waals surface area contributed by atoms with Crippen molar-refractivity contribution in [3.05, 3.63) is 35.1 Å². The first-order chi connectivity index (χ1) is 12.7. The van der Waals surface area contributed by atoms with Crippen molar-refractivity contribution in [2.45, 2.75) is 38.7 Å². The van der Waals surface area contributed by atoms with Gasteiger partial charge in [0.15, 0.2) is 0 Å². The lowest BCUT2D eigenvalue weighted by Gasteiger charge is -2.31. The molecule has 0 aromatic heterocycles. The first-order valence-electron chi connectivity index (χ1n) is 10.0. The highest BCUT2D eigenvalue weighted by Crippen LogP contribution is 2.47. The number of nitrogens with one attached hydrogen (secondary N) is 1. The predicted octanol–water partition coefficient (Wildman–Crippen LogP) is 2.75. The van der Waals surface area contributed by atoms with Crippen molar-refractivity contribution in [1.29, 1.82) is 0 Å². The Morgan fingerprint density at radius 3 is 2.77 bits per heavy atom. The van der Waals surface area contributed by atoms with E-state index < -0.39 is 0 Å². The topological polar surface area (TPSA) is 41.6 Å². The van der Waals surface area contributed by atoms with Crippen LogP contribution in [-0.4, -0.2) is 43.6 Å². The number of piperidine rings is 1. The minimum atomic E-state index is -0.260. The molecule has 2 saturated heterocycles. The van der Waals surface area contributed by atoms with E-state index in [-0.39, 0.29) is 18.1 Å². The van der Waals surface area contributed by atoms with Gasteiger partial charge in [0.25, 0.3) is 0 Å². The van der Waals surface area contributed by atoms with E-state index in [9.17, 15) is 9.18 Å². The average Bonchev–Trinajstić information content (AvgIpc) is 3.35. The summed E-state index contributed by atoms with van der Waals surface area (Å²) in [5.41, 5.74) is 1.33. The zero-order chi connectivity index (χ0) is 17.9. The fourth-order valence-electron chi connectivity index (χ4n) is 4.30. The van der Waals surface area contributed by atoms with E-state index in [1.165, 1.54) is 25.3 Å². The molecule has 5 heteroatoms. The first-order valence-corrected chi connectivity index (χ1v) is 10.0. The molecule has 0 spiro atoms. The highest BCUT2D eigenvalue weighted by atomic mass is 19.1. The van der Waals surface area contributed by atoms with Crippen LogP contribution in [-0.2, 0) is 22.6 Å². The lowest BCUT2D eigenvalue weighted by atomic mass is 9.92. The number of amides is 1. The number of halogens is 1. The average molecular weight is 360 g/mol. The Morgan fingerprint density at radius 1 is 1.27 bits per heavy atom. The fraction of sp³-hybridized carbons (Fsp3) is 0.667. The third-order valence-electron chi connectivity index (χ3n) is 6.24. The number of carbonyl (C=O) groups is 1. The molecule has 1 aromatic rings. The van der Waals surface area contributed by atoms with E-state index in [0.717, 1.165) is 56.6 Å². The maximum atomic E-state index is 14.3. The highest BCUT2D eigenvalue weighted by molar-refractivity contribution is 5.79. The van der Waals surface area contributed by atoms with Crippen molar-refractivity contribution in [3.63, 3.8) is 0 Å². The summed E-state index contributed by atoms with van der Waals surface area (Å²) in [4.78, 5) is 13.8. The van der Waals surface area contributed by atoms with Gasteiger partial charge in [-0.3, -0.25) is 4.79 Å². The van der Waals surface area contributed by atoms with Gasteiger partial charge in [-0.2, -0.15) is 0 Å². The fourth-order valence-corrected chi connectivity index (χ4v) is 4.30. The molecule has 0 bridgehead atoms. The van der Waals surface area contributed by atoms with E-state index in [1.54, 1.807) is 6.07 Å². The molecule has 4 nitrogen and oxygen atoms in total. The molecule has 142 valence electrons. The van der Waals surface area contributed by atoms with Crippen LogP contribution in [0.1, 0.15) is 36.8 Å². The van der Waals surface area contributed by atoms with Gasteiger partial charge in [0, 0.05) is 18.7 Å². The molecule has 0 unspecified atom stereocenters. The molecule has 1 saturated carbocycles. The number of hydrogen-bond donors (Lipinski definition) is 1. The molecule has 0 radical (unpaired) electrons. The van der Waals surface area contributed by atoms with Gasteiger partial charge < -0.3 is 15.0 Å². The van der Waals surface area contributed by atoms with Crippen molar-refractivity contribution in [1.82, 2.24) is 10.2 Å². The Balaban J connectivity index is 1.20. The second kappa shape index (κ2) is 8.05. The largest absolute Gasteiger partial charge is 0.376 e. The Hall–Kier alpha value is -1.46. The Kier molecular flexibility index (Phi) is 5.55. The van der Waals surface area contributed by atoms with Crippen LogP contribution in [0.15, 0.2) is 18.2 Å². The van der Waals surface area contributed by atoms with Gasteiger partial charge in [-0.15, -0.1) is 0 Å². The molecule has 2 heterocycles. The van der Waals surface area contributed by atoms with Gasteiger partial charge in [-0.05, 0) is 68.2 Å². The van der Waals surface area contributed by atoms with Gasteiger partial charge in [0.05, 0.1) is 19.6 Å². The molecular formula is C21H29FN2O2. The lowest BCUT2D eigenvalue weighted by Crippen LogP contribution is -2.42. The van der Waals surface area contributed by atoms with E-state index in [1.807, 2.05) is 11.0 Å². The van der Waals surface area contributed by atoms with Crippen LogP contribution in [0.3, 0.4) is 0 Å². The maximum absolute atomic E-state index is 14.3. The molecule has 3 aliphatic rings. The summed E-state index contributed by atoms with van der Waals surface area (Å²) < 4.78 is 20.1. The molecule has 4 rings (SSSR count). The van der Waals surface area contributed by atoms with Crippen molar-refractivity contribution in [3.8, 4) is 0 Å². The van der Waals surface area contributed by atoms with Crippen molar-refractivity contribution in [2.75, 3.05) is 32.8 Å². The molecule has 1 amide bonds. The molecule has 2 atom stereocenters. The van der Waals surface area contributed by atoms with Gasteiger partial charge in [-0.25, -0.2) is 4.39 Å². The van der Waals surface area contributed by atoms with Crippen LogP contribution in [0, 0.1) is 23.6 Å². The number of nitrogens with zero attached hydrogens (tertiary/aromatic N) is 1. The number of ether oxygens (including phenoxy) is 1. The minimum absolute atomic E-state index is 0.0948. The summed E-state index contributed by atoms with van der Waals surface area (Å²) in [5, 5.41) is 3.42. The zero-order valence-corrected chi connectivity index (χ0v) is 15.4. The standard InChI is InChI=1S/C21H29FN2O2/c22-20-10-15(11-21(25)24-8-1-9-24)2-3-17(20)13-26-14-18-12-19(18)16-4-6-23-7-5-16/h2-3,10,16,18-19,23H,1,4-9,11-14H2/t18-,19-/m1/s1. The monoisotopic (exact) mass is 360 g/mol. The van der Waals surface area contributed by atoms with Crippen LogP contribution in [0.2, 0.25) is 0 Å². The normalized spacial score (nSPS) is 25.8. The van der Waals surface area contributed by atoms with Crippen LogP contribution >= 0.6 is 0 Å².